The van der Waals surface area contributed by atoms with E-state index in [2.05, 4.69) is 5.32 Å². The Morgan fingerprint density at radius 2 is 1.42 bits per heavy atom. The van der Waals surface area contributed by atoms with Gasteiger partial charge in [-0.2, -0.15) is 0 Å². The van der Waals surface area contributed by atoms with Crippen LogP contribution in [0.1, 0.15) is 36.6 Å². The lowest BCUT2D eigenvalue weighted by atomic mass is 9.99. The Kier molecular flexibility index (Phi) is 3.62. The van der Waals surface area contributed by atoms with Crippen molar-refractivity contribution in [2.24, 2.45) is 0 Å². The molecule has 5 heteroatoms. The van der Waals surface area contributed by atoms with Crippen LogP contribution in [0.4, 0.5) is 5.69 Å². The van der Waals surface area contributed by atoms with Gasteiger partial charge in [0.1, 0.15) is 0 Å². The second-order valence-corrected chi connectivity index (χ2v) is 5.92. The normalized spacial score (nSPS) is 11.6. The molecule has 26 heavy (non-hydrogen) atoms. The van der Waals surface area contributed by atoms with E-state index in [1.54, 1.807) is 30.3 Å². The molecule has 3 aromatic carbocycles. The summed E-state index contributed by atoms with van der Waals surface area (Å²) < 4.78 is 0. The van der Waals surface area contributed by atoms with Crippen molar-refractivity contribution in [3.63, 3.8) is 0 Å². The summed E-state index contributed by atoms with van der Waals surface area (Å²) in [5, 5.41) is 13.5. The molecule has 0 spiro atoms. The van der Waals surface area contributed by atoms with E-state index in [0.29, 0.717) is 27.9 Å². The fourth-order valence-corrected chi connectivity index (χ4v) is 3.15. The summed E-state index contributed by atoms with van der Waals surface area (Å²) in [6, 6.07) is 18.0. The third kappa shape index (κ3) is 2.46. The van der Waals surface area contributed by atoms with Gasteiger partial charge in [0.15, 0.2) is 5.78 Å². The molecule has 3 aromatic rings. The van der Waals surface area contributed by atoms with Gasteiger partial charge in [-0.05, 0) is 29.3 Å². The largest absolute Gasteiger partial charge is 0.545 e. The molecule has 1 aliphatic carbocycles. The van der Waals surface area contributed by atoms with Crippen LogP contribution >= 0.6 is 0 Å². The predicted molar refractivity (Wildman–Crippen MR) is 94.0 cm³/mol. The van der Waals surface area contributed by atoms with Crippen molar-refractivity contribution in [3.05, 3.63) is 89.0 Å². The van der Waals surface area contributed by atoms with Crippen molar-refractivity contribution in [1.82, 2.24) is 0 Å². The van der Waals surface area contributed by atoms with Gasteiger partial charge in [0.05, 0.1) is 5.97 Å². The number of rotatable bonds is 3. The first kappa shape index (κ1) is 15.8. The Morgan fingerprint density at radius 1 is 0.769 bits per heavy atom. The molecule has 0 atom stereocenters. The highest BCUT2D eigenvalue weighted by Crippen LogP contribution is 2.38. The number of aromatic carboxylic acids is 1. The minimum atomic E-state index is -1.28. The van der Waals surface area contributed by atoms with Crippen molar-refractivity contribution in [2.75, 3.05) is 5.32 Å². The van der Waals surface area contributed by atoms with Gasteiger partial charge in [-0.15, -0.1) is 0 Å². The second-order valence-electron chi connectivity index (χ2n) is 5.92. The third-order valence-electron chi connectivity index (χ3n) is 4.37. The van der Waals surface area contributed by atoms with Crippen molar-refractivity contribution in [3.8, 4) is 11.1 Å². The van der Waals surface area contributed by atoms with Gasteiger partial charge in [0.2, 0.25) is 0 Å². The maximum Gasteiger partial charge on any atom is 0.256 e. The molecule has 0 aromatic heterocycles. The molecule has 0 saturated heterocycles. The molecule has 1 amide bonds. The first-order valence-corrected chi connectivity index (χ1v) is 7.96. The molecule has 0 fully saturated rings. The average molecular weight is 342 g/mol. The van der Waals surface area contributed by atoms with Crippen LogP contribution in [0.5, 0.6) is 0 Å². The number of carbonyl (C=O) groups excluding carboxylic acids is 3. The maximum atomic E-state index is 12.8. The zero-order valence-electron chi connectivity index (χ0n) is 13.5. The van der Waals surface area contributed by atoms with Gasteiger partial charge in [-0.3, -0.25) is 9.59 Å². The van der Waals surface area contributed by atoms with E-state index in [9.17, 15) is 19.5 Å². The van der Waals surface area contributed by atoms with Gasteiger partial charge >= 0.3 is 0 Å². The van der Waals surface area contributed by atoms with Crippen molar-refractivity contribution in [1.29, 1.82) is 0 Å². The predicted octanol–water partition coefficient (Wildman–Crippen LogP) is 2.51. The Morgan fingerprint density at radius 3 is 2.12 bits per heavy atom. The van der Waals surface area contributed by atoms with Crippen molar-refractivity contribution < 1.29 is 19.5 Å². The van der Waals surface area contributed by atoms with Gasteiger partial charge < -0.3 is 15.2 Å². The summed E-state index contributed by atoms with van der Waals surface area (Å²) >= 11 is 0. The molecule has 0 saturated carbocycles. The Balaban J connectivity index is 1.71. The zero-order chi connectivity index (χ0) is 18.3. The number of hydrogen-bond acceptors (Lipinski definition) is 4. The highest BCUT2D eigenvalue weighted by Gasteiger charge is 2.30. The van der Waals surface area contributed by atoms with Crippen LogP contribution in [0.15, 0.2) is 66.7 Å². The molecule has 1 aliphatic rings. The van der Waals surface area contributed by atoms with E-state index in [0.717, 1.165) is 5.56 Å². The summed E-state index contributed by atoms with van der Waals surface area (Å²) in [7, 11) is 0. The number of nitrogens with one attached hydrogen (secondary N) is 1. The number of anilines is 1. The molecular formula is C21H12NO4-. The van der Waals surface area contributed by atoms with Crippen molar-refractivity contribution >= 4 is 23.3 Å². The van der Waals surface area contributed by atoms with E-state index in [1.807, 2.05) is 12.1 Å². The van der Waals surface area contributed by atoms with E-state index < -0.39 is 5.97 Å². The summed E-state index contributed by atoms with van der Waals surface area (Å²) in [5.41, 5.74) is 3.33. The zero-order valence-corrected chi connectivity index (χ0v) is 13.5. The highest BCUT2D eigenvalue weighted by atomic mass is 16.4. The Labute approximate surface area is 148 Å². The minimum absolute atomic E-state index is 0.0307. The SMILES string of the molecule is O=C([O-])c1ccc(NC(=O)c2cccc3c2-c2ccccc2C3=O)cc1. The third-order valence-corrected chi connectivity index (χ3v) is 4.37. The maximum absolute atomic E-state index is 12.8. The van der Waals surface area contributed by atoms with E-state index in [1.165, 1.54) is 24.3 Å². The second kappa shape index (κ2) is 5.97. The van der Waals surface area contributed by atoms with Gasteiger partial charge in [-0.25, -0.2) is 0 Å². The molecule has 4 rings (SSSR count). The molecule has 0 unspecified atom stereocenters. The molecule has 0 radical (unpaired) electrons. The lowest BCUT2D eigenvalue weighted by molar-refractivity contribution is -0.255. The van der Waals surface area contributed by atoms with Crippen LogP contribution in [0, 0.1) is 0 Å². The monoisotopic (exact) mass is 342 g/mol. The number of ketones is 1. The minimum Gasteiger partial charge on any atom is -0.545 e. The van der Waals surface area contributed by atoms with E-state index >= 15 is 0 Å². The molecular weight excluding hydrogens is 330 g/mol. The van der Waals surface area contributed by atoms with Crippen LogP contribution in [0.25, 0.3) is 11.1 Å². The topological polar surface area (TPSA) is 86.3 Å². The number of benzene rings is 3. The summed E-state index contributed by atoms with van der Waals surface area (Å²) in [5.74, 6) is -1.74. The van der Waals surface area contributed by atoms with Gasteiger partial charge in [0, 0.05) is 27.9 Å². The molecule has 0 aliphatic heterocycles. The lowest BCUT2D eigenvalue weighted by Gasteiger charge is -2.10. The highest BCUT2D eigenvalue weighted by molar-refractivity contribution is 6.25. The van der Waals surface area contributed by atoms with Gasteiger partial charge in [-0.1, -0.05) is 48.5 Å². The van der Waals surface area contributed by atoms with Crippen LogP contribution < -0.4 is 10.4 Å². The van der Waals surface area contributed by atoms with E-state index in [-0.39, 0.29) is 17.3 Å². The number of hydrogen-bond donors (Lipinski definition) is 1. The molecule has 126 valence electrons. The first-order valence-electron chi connectivity index (χ1n) is 7.96. The van der Waals surface area contributed by atoms with Crippen LogP contribution in [0.2, 0.25) is 0 Å². The summed E-state index contributed by atoms with van der Waals surface area (Å²) in [6.07, 6.45) is 0. The quantitative estimate of drug-likeness (QED) is 0.620. The molecule has 5 nitrogen and oxygen atoms in total. The molecule has 0 bridgehead atoms. The number of amides is 1. The average Bonchev–Trinajstić information content (AvgIpc) is 2.95. The standard InChI is InChI=1S/C21H13NO4/c23-19-15-5-2-1-4-14(15)18-16(19)6-3-7-17(18)20(24)22-13-10-8-12(9-11-13)21(25)26/h1-11H,(H,22,24)(H,25,26)/p-1. The number of carboxylic acids is 1. The van der Waals surface area contributed by atoms with Crippen LogP contribution in [-0.4, -0.2) is 17.7 Å². The molecule has 0 heterocycles. The Hall–Kier alpha value is -3.73. The number of carboxylic acid groups (broad SMARTS) is 1. The van der Waals surface area contributed by atoms with Crippen LogP contribution in [0.3, 0.4) is 0 Å². The number of fused-ring (bicyclic) bond motifs is 3. The summed E-state index contributed by atoms with van der Waals surface area (Å²) in [6.45, 7) is 0. The Bertz CT molecular complexity index is 1070. The smallest absolute Gasteiger partial charge is 0.256 e. The van der Waals surface area contributed by atoms with E-state index in [4.69, 9.17) is 0 Å². The fraction of sp³-hybridized carbons (Fsp3) is 0. The lowest BCUT2D eigenvalue weighted by Crippen LogP contribution is -2.22. The fourth-order valence-electron chi connectivity index (χ4n) is 3.15. The first-order chi connectivity index (χ1) is 12.6. The van der Waals surface area contributed by atoms with Gasteiger partial charge in [0.25, 0.3) is 5.91 Å². The van der Waals surface area contributed by atoms with Crippen LogP contribution in [-0.2, 0) is 0 Å². The molecule has 1 N–H and O–H groups in total. The number of carbonyl (C=O) groups is 3. The summed E-state index contributed by atoms with van der Waals surface area (Å²) in [4.78, 5) is 36.1. The van der Waals surface area contributed by atoms with Crippen molar-refractivity contribution in [2.45, 2.75) is 0 Å².